The summed E-state index contributed by atoms with van der Waals surface area (Å²) in [6, 6.07) is 6.34. The lowest BCUT2D eigenvalue weighted by molar-refractivity contribution is -0.145. The lowest BCUT2D eigenvalue weighted by Gasteiger charge is -2.30. The molecule has 1 aliphatic heterocycles. The Morgan fingerprint density at radius 3 is 2.64 bits per heavy atom. The van der Waals surface area contributed by atoms with Crippen LogP contribution in [-0.2, 0) is 19.6 Å². The minimum Gasteiger partial charge on any atom is -0.497 e. The summed E-state index contributed by atoms with van der Waals surface area (Å²) in [6.45, 7) is 0.265. The number of aliphatic carboxylic acids is 1. The second-order valence-electron chi connectivity index (χ2n) is 4.99. The highest BCUT2D eigenvalue weighted by Crippen LogP contribution is 2.24. The first-order valence-electron chi connectivity index (χ1n) is 6.91. The van der Waals surface area contributed by atoms with E-state index in [-0.39, 0.29) is 17.6 Å². The Kier molecular flexibility index (Phi) is 5.38. The molecule has 122 valence electrons. The molecule has 0 spiro atoms. The van der Waals surface area contributed by atoms with Crippen LogP contribution in [0.2, 0.25) is 0 Å². The number of ether oxygens (including phenoxy) is 2. The number of carbonyl (C=O) groups is 1. The number of methoxy groups -OCH3 is 1. The lowest BCUT2D eigenvalue weighted by Crippen LogP contribution is -2.41. The van der Waals surface area contributed by atoms with Gasteiger partial charge in [0.05, 0.1) is 18.1 Å². The van der Waals surface area contributed by atoms with Gasteiger partial charge in [0.1, 0.15) is 12.4 Å². The maximum Gasteiger partial charge on any atom is 0.329 e. The van der Waals surface area contributed by atoms with Crippen LogP contribution in [0.1, 0.15) is 12.8 Å². The molecule has 7 nitrogen and oxygen atoms in total. The van der Waals surface area contributed by atoms with Crippen molar-refractivity contribution in [3.05, 3.63) is 24.3 Å². The van der Waals surface area contributed by atoms with Gasteiger partial charge in [-0.25, -0.2) is 13.2 Å². The van der Waals surface area contributed by atoms with Gasteiger partial charge in [-0.05, 0) is 25.0 Å². The van der Waals surface area contributed by atoms with Gasteiger partial charge in [0, 0.05) is 19.2 Å². The molecule has 1 aromatic carbocycles. The van der Waals surface area contributed by atoms with Crippen molar-refractivity contribution in [1.82, 2.24) is 4.31 Å². The SMILES string of the molecule is COc1cccc(S(=O)(=O)N2CCC(OCC(=O)O)CC2)c1. The van der Waals surface area contributed by atoms with Gasteiger partial charge in [-0.15, -0.1) is 0 Å². The molecule has 8 heteroatoms. The molecule has 0 radical (unpaired) electrons. The highest BCUT2D eigenvalue weighted by atomic mass is 32.2. The number of piperidine rings is 1. The van der Waals surface area contributed by atoms with Gasteiger partial charge in [0.2, 0.25) is 10.0 Å². The van der Waals surface area contributed by atoms with Gasteiger partial charge < -0.3 is 14.6 Å². The predicted molar refractivity (Wildman–Crippen MR) is 78.4 cm³/mol. The van der Waals surface area contributed by atoms with Crippen molar-refractivity contribution in [2.24, 2.45) is 0 Å². The Balaban J connectivity index is 2.01. The minimum absolute atomic E-state index is 0.191. The van der Waals surface area contributed by atoms with Crippen LogP contribution in [0.3, 0.4) is 0 Å². The van der Waals surface area contributed by atoms with E-state index >= 15 is 0 Å². The van der Waals surface area contributed by atoms with E-state index in [4.69, 9.17) is 14.6 Å². The van der Waals surface area contributed by atoms with Gasteiger partial charge in [0.25, 0.3) is 0 Å². The third kappa shape index (κ3) is 3.96. The van der Waals surface area contributed by atoms with E-state index in [0.29, 0.717) is 31.7 Å². The molecule has 1 fully saturated rings. The Morgan fingerprint density at radius 1 is 1.36 bits per heavy atom. The topological polar surface area (TPSA) is 93.1 Å². The number of hydrogen-bond donors (Lipinski definition) is 1. The molecule has 2 rings (SSSR count). The molecule has 0 bridgehead atoms. The summed E-state index contributed by atoms with van der Waals surface area (Å²) in [5.74, 6) is -0.535. The lowest BCUT2D eigenvalue weighted by atomic mass is 10.1. The highest BCUT2D eigenvalue weighted by Gasteiger charge is 2.30. The summed E-state index contributed by atoms with van der Waals surface area (Å²) in [6.07, 6.45) is 0.750. The Bertz CT molecular complexity index is 622. The van der Waals surface area contributed by atoms with Crippen LogP contribution in [0.25, 0.3) is 0 Å². The zero-order valence-electron chi connectivity index (χ0n) is 12.3. The van der Waals surface area contributed by atoms with Crippen molar-refractivity contribution in [2.45, 2.75) is 23.8 Å². The van der Waals surface area contributed by atoms with Crippen LogP contribution in [0.15, 0.2) is 29.2 Å². The fraction of sp³-hybridized carbons (Fsp3) is 0.500. The normalized spacial score (nSPS) is 17.3. The van der Waals surface area contributed by atoms with Gasteiger partial charge in [-0.1, -0.05) is 6.07 Å². The number of sulfonamides is 1. The highest BCUT2D eigenvalue weighted by molar-refractivity contribution is 7.89. The van der Waals surface area contributed by atoms with Crippen LogP contribution in [0, 0.1) is 0 Å². The van der Waals surface area contributed by atoms with Crippen LogP contribution in [-0.4, -0.2) is 56.7 Å². The van der Waals surface area contributed by atoms with E-state index < -0.39 is 16.0 Å². The molecule has 1 saturated heterocycles. The fourth-order valence-corrected chi connectivity index (χ4v) is 3.84. The first-order chi connectivity index (χ1) is 10.4. The van der Waals surface area contributed by atoms with E-state index in [1.54, 1.807) is 12.1 Å². The molecule has 1 N–H and O–H groups in total. The van der Waals surface area contributed by atoms with E-state index in [1.165, 1.54) is 23.5 Å². The van der Waals surface area contributed by atoms with Crippen molar-refractivity contribution in [1.29, 1.82) is 0 Å². The fourth-order valence-electron chi connectivity index (χ4n) is 2.34. The first-order valence-corrected chi connectivity index (χ1v) is 8.35. The molecular formula is C14H19NO6S. The standard InChI is InChI=1S/C14H19NO6S/c1-20-12-3-2-4-13(9-12)22(18,19)15-7-5-11(6-8-15)21-10-14(16)17/h2-4,9,11H,5-8,10H2,1H3,(H,16,17). The Hall–Kier alpha value is -1.64. The molecule has 0 aliphatic carbocycles. The van der Waals surface area contributed by atoms with Gasteiger partial charge in [-0.2, -0.15) is 4.31 Å². The maximum absolute atomic E-state index is 12.6. The Labute approximate surface area is 129 Å². The van der Waals surface area contributed by atoms with E-state index in [9.17, 15) is 13.2 Å². The van der Waals surface area contributed by atoms with Gasteiger partial charge in [0.15, 0.2) is 0 Å². The summed E-state index contributed by atoms with van der Waals surface area (Å²) in [5.41, 5.74) is 0. The van der Waals surface area contributed by atoms with E-state index in [0.717, 1.165) is 0 Å². The van der Waals surface area contributed by atoms with Crippen molar-refractivity contribution in [3.63, 3.8) is 0 Å². The van der Waals surface area contributed by atoms with Crippen LogP contribution in [0.4, 0.5) is 0 Å². The maximum atomic E-state index is 12.6. The molecule has 0 aromatic heterocycles. The molecule has 22 heavy (non-hydrogen) atoms. The zero-order chi connectivity index (χ0) is 16.2. The quantitative estimate of drug-likeness (QED) is 0.835. The van der Waals surface area contributed by atoms with Crippen molar-refractivity contribution in [2.75, 3.05) is 26.8 Å². The van der Waals surface area contributed by atoms with Crippen LogP contribution >= 0.6 is 0 Å². The summed E-state index contributed by atoms with van der Waals surface area (Å²) >= 11 is 0. The zero-order valence-corrected chi connectivity index (χ0v) is 13.1. The molecule has 1 aromatic rings. The second kappa shape index (κ2) is 7.08. The van der Waals surface area contributed by atoms with Crippen molar-refractivity contribution < 1.29 is 27.8 Å². The Morgan fingerprint density at radius 2 is 2.05 bits per heavy atom. The van der Waals surface area contributed by atoms with E-state index in [1.807, 2.05) is 0 Å². The number of rotatable bonds is 6. The van der Waals surface area contributed by atoms with Crippen molar-refractivity contribution >= 4 is 16.0 Å². The summed E-state index contributed by atoms with van der Waals surface area (Å²) < 4.78 is 36.8. The molecule has 1 aliphatic rings. The molecule has 0 unspecified atom stereocenters. The summed E-state index contributed by atoms with van der Waals surface area (Å²) in [4.78, 5) is 10.7. The molecule has 0 saturated carbocycles. The second-order valence-corrected chi connectivity index (χ2v) is 6.93. The number of carboxylic acid groups (broad SMARTS) is 1. The molecule has 1 heterocycles. The smallest absolute Gasteiger partial charge is 0.329 e. The molecule has 0 atom stereocenters. The average molecular weight is 329 g/mol. The molecule has 0 amide bonds. The third-order valence-corrected chi connectivity index (χ3v) is 5.42. The largest absolute Gasteiger partial charge is 0.497 e. The van der Waals surface area contributed by atoms with E-state index in [2.05, 4.69) is 0 Å². The number of carboxylic acids is 1. The average Bonchev–Trinajstić information content (AvgIpc) is 2.53. The number of nitrogens with zero attached hydrogens (tertiary/aromatic N) is 1. The minimum atomic E-state index is -3.57. The third-order valence-electron chi connectivity index (χ3n) is 3.52. The summed E-state index contributed by atoms with van der Waals surface area (Å²) in [7, 11) is -2.08. The molecular weight excluding hydrogens is 310 g/mol. The summed E-state index contributed by atoms with van der Waals surface area (Å²) in [5, 5.41) is 8.58. The monoisotopic (exact) mass is 329 g/mol. The van der Waals surface area contributed by atoms with Crippen molar-refractivity contribution in [3.8, 4) is 5.75 Å². The van der Waals surface area contributed by atoms with Crippen LogP contribution < -0.4 is 4.74 Å². The van der Waals surface area contributed by atoms with Crippen LogP contribution in [0.5, 0.6) is 5.75 Å². The number of hydrogen-bond acceptors (Lipinski definition) is 5. The number of benzene rings is 1. The first kappa shape index (κ1) is 16.7. The predicted octanol–water partition coefficient (Wildman–Crippen LogP) is 0.949. The van der Waals surface area contributed by atoms with Gasteiger partial charge in [-0.3, -0.25) is 0 Å². The van der Waals surface area contributed by atoms with Gasteiger partial charge >= 0.3 is 5.97 Å².